The van der Waals surface area contributed by atoms with Crippen LogP contribution in [0.25, 0.3) is 0 Å². The number of carbonyl (C=O) groups excluding carboxylic acids is 2. The minimum Gasteiger partial charge on any atom is -0.481 e. The fourth-order valence-electron chi connectivity index (χ4n) is 10.9. The number of benzene rings is 8. The van der Waals surface area contributed by atoms with E-state index in [4.69, 9.17) is 15.0 Å². The standard InChI is InChI=1S/C65H53N5O5S2/c1-2-63(61(73)74)44-70-59(72)56(60(70)77-57(63)54(45-27-11-3-12-28-45)46-29-13-4-14-30-46)67-58(71)55(69-75-65(50-37-21-8-22-38-50,51-39-23-9-24-40-51)52-41-25-10-26-42-52)53-43-76-62(66-53)68-64(47-31-15-5-16-32-47,48-33-17-6-18-34-48)49-35-19-7-20-36-49/h2-43,54,56-57,60H,1,44H2,(H,66,68)(H,67,71)(H,73,74)/t56?,57?,60-,63?/m1/s1. The summed E-state index contributed by atoms with van der Waals surface area (Å²) >= 11 is 2.66. The smallest absolute Gasteiger partial charge is 0.316 e. The molecule has 0 spiro atoms. The summed E-state index contributed by atoms with van der Waals surface area (Å²) in [5, 5.41) is 23.9. The number of fused-ring (bicyclic) bond motifs is 1. The van der Waals surface area contributed by atoms with Gasteiger partial charge in [0, 0.05) is 39.8 Å². The molecular formula is C65H53N5O5S2. The molecule has 0 bridgehead atoms. The zero-order chi connectivity index (χ0) is 52.8. The van der Waals surface area contributed by atoms with E-state index in [0.717, 1.165) is 44.5 Å². The van der Waals surface area contributed by atoms with Crippen LogP contribution in [0.3, 0.4) is 0 Å². The Bertz CT molecular complexity index is 3290. The molecule has 0 saturated carbocycles. The van der Waals surface area contributed by atoms with Gasteiger partial charge in [0.15, 0.2) is 10.8 Å². The molecular weight excluding hydrogens is 995 g/mol. The lowest BCUT2D eigenvalue weighted by Gasteiger charge is -2.57. The van der Waals surface area contributed by atoms with E-state index < -0.39 is 56.9 Å². The Morgan fingerprint density at radius 1 is 0.649 bits per heavy atom. The van der Waals surface area contributed by atoms with Crippen LogP contribution >= 0.6 is 23.1 Å². The first-order valence-electron chi connectivity index (χ1n) is 25.3. The quantitative estimate of drug-likeness (QED) is 0.0254. The molecule has 2 saturated heterocycles. The van der Waals surface area contributed by atoms with Gasteiger partial charge in [-0.15, -0.1) is 29.7 Å². The van der Waals surface area contributed by atoms with E-state index in [1.807, 2.05) is 206 Å². The SMILES string of the molecule is C=CC1(C(=O)O)CN2C(=O)C(NC(=O)C(=NOC(c3ccccc3)(c3ccccc3)c3ccccc3)c3csc(NC(c4ccccc4)(c4ccccc4)c4ccccc4)n3)[C@H]2SC1C(c1ccccc1)c1ccccc1. The average molecular weight is 1050 g/mol. The molecule has 1 aromatic heterocycles. The van der Waals surface area contributed by atoms with Crippen LogP contribution in [-0.4, -0.2) is 61.7 Å². The van der Waals surface area contributed by atoms with Crippen LogP contribution < -0.4 is 10.6 Å². The number of rotatable bonds is 18. The summed E-state index contributed by atoms with van der Waals surface area (Å²) in [5.41, 5.74) is 3.14. The number of anilines is 1. The molecule has 2 aliphatic rings. The van der Waals surface area contributed by atoms with Crippen molar-refractivity contribution in [2.45, 2.75) is 33.7 Å². The zero-order valence-electron chi connectivity index (χ0n) is 41.7. The van der Waals surface area contributed by atoms with Crippen molar-refractivity contribution in [2.24, 2.45) is 10.6 Å². The van der Waals surface area contributed by atoms with Gasteiger partial charge in [0.05, 0.1) is 0 Å². The topological polar surface area (TPSA) is 133 Å². The average Bonchev–Trinajstić information content (AvgIpc) is 3.99. The summed E-state index contributed by atoms with van der Waals surface area (Å²) in [6, 6.07) is 78.2. The van der Waals surface area contributed by atoms with E-state index in [0.29, 0.717) is 5.13 Å². The molecule has 0 radical (unpaired) electrons. The molecule has 2 fully saturated rings. The van der Waals surface area contributed by atoms with E-state index in [1.165, 1.54) is 34.1 Å². The molecule has 0 aliphatic carbocycles. The van der Waals surface area contributed by atoms with Crippen molar-refractivity contribution >= 4 is 51.7 Å². The van der Waals surface area contributed by atoms with E-state index in [2.05, 4.69) is 53.6 Å². The number of carboxylic acid groups (broad SMARTS) is 1. The van der Waals surface area contributed by atoms with Gasteiger partial charge in [-0.05, 0) is 27.8 Å². The maximum atomic E-state index is 15.5. The Morgan fingerprint density at radius 2 is 1.05 bits per heavy atom. The molecule has 12 heteroatoms. The van der Waals surface area contributed by atoms with Crippen molar-refractivity contribution in [3.8, 4) is 0 Å². The second kappa shape index (κ2) is 21.8. The molecule has 4 atom stereocenters. The number of thioether (sulfide) groups is 1. The van der Waals surface area contributed by atoms with Gasteiger partial charge in [0.25, 0.3) is 5.91 Å². The predicted molar refractivity (Wildman–Crippen MR) is 306 cm³/mol. The molecule has 10 nitrogen and oxygen atoms in total. The van der Waals surface area contributed by atoms with Crippen LogP contribution in [0, 0.1) is 5.41 Å². The Labute approximate surface area is 455 Å². The van der Waals surface area contributed by atoms with Crippen LogP contribution in [0.2, 0.25) is 0 Å². The largest absolute Gasteiger partial charge is 0.481 e. The number of oxime groups is 1. The highest BCUT2D eigenvalue weighted by Gasteiger charge is 2.62. The summed E-state index contributed by atoms with van der Waals surface area (Å²) in [5.74, 6) is -2.64. The number of β-lactam (4-membered cyclic amide) rings is 1. The van der Waals surface area contributed by atoms with Gasteiger partial charge < -0.3 is 25.5 Å². The third-order valence-corrected chi connectivity index (χ3v) is 17.3. The van der Waals surface area contributed by atoms with E-state index in [1.54, 1.807) is 5.38 Å². The van der Waals surface area contributed by atoms with Gasteiger partial charge in [-0.3, -0.25) is 14.4 Å². The van der Waals surface area contributed by atoms with Gasteiger partial charge >= 0.3 is 5.97 Å². The molecule has 11 rings (SSSR count). The van der Waals surface area contributed by atoms with Crippen molar-refractivity contribution in [3.05, 3.63) is 311 Å². The van der Waals surface area contributed by atoms with E-state index in [9.17, 15) is 14.7 Å². The Kier molecular flexibility index (Phi) is 14.2. The fourth-order valence-corrected chi connectivity index (χ4v) is 13.6. The fraction of sp³-hybridized carbons (Fsp3) is 0.123. The van der Waals surface area contributed by atoms with Crippen LogP contribution in [0.1, 0.15) is 56.1 Å². The van der Waals surface area contributed by atoms with E-state index in [-0.39, 0.29) is 18.0 Å². The molecule has 9 aromatic rings. The third-order valence-electron chi connectivity index (χ3n) is 14.7. The van der Waals surface area contributed by atoms with Crippen LogP contribution in [0.5, 0.6) is 0 Å². The lowest BCUT2D eigenvalue weighted by atomic mass is 9.72. The monoisotopic (exact) mass is 1050 g/mol. The Balaban J connectivity index is 1.02. The first kappa shape index (κ1) is 50.3. The highest BCUT2D eigenvalue weighted by molar-refractivity contribution is 8.00. The zero-order valence-corrected chi connectivity index (χ0v) is 43.3. The second-order valence-electron chi connectivity index (χ2n) is 19.0. The van der Waals surface area contributed by atoms with Gasteiger partial charge in [-0.25, -0.2) is 4.98 Å². The Morgan fingerprint density at radius 3 is 1.45 bits per heavy atom. The first-order chi connectivity index (χ1) is 37.8. The summed E-state index contributed by atoms with van der Waals surface area (Å²) in [7, 11) is 0. The highest BCUT2D eigenvalue weighted by Crippen LogP contribution is 2.54. The number of nitrogens with zero attached hydrogens (tertiary/aromatic N) is 3. The van der Waals surface area contributed by atoms with Crippen LogP contribution in [0.15, 0.2) is 266 Å². The maximum absolute atomic E-state index is 15.5. The van der Waals surface area contributed by atoms with Crippen molar-refractivity contribution in [3.63, 3.8) is 0 Å². The number of carbonyl (C=O) groups is 3. The Hall–Kier alpha value is -8.84. The number of thiazole rings is 1. The number of aliphatic carboxylic acids is 1. The third kappa shape index (κ3) is 9.29. The number of aromatic nitrogens is 1. The second-order valence-corrected chi connectivity index (χ2v) is 21.2. The minimum atomic E-state index is -1.54. The van der Waals surface area contributed by atoms with Crippen molar-refractivity contribution in [1.82, 2.24) is 15.2 Å². The summed E-state index contributed by atoms with van der Waals surface area (Å²) in [4.78, 5) is 57.4. The number of amides is 2. The minimum absolute atomic E-state index is 0.138. The lowest BCUT2D eigenvalue weighted by molar-refractivity contribution is -0.157. The van der Waals surface area contributed by atoms with Gasteiger partial charge in [0.1, 0.15) is 28.1 Å². The number of nitrogens with one attached hydrogen (secondary N) is 2. The number of hydrogen-bond donors (Lipinski definition) is 3. The van der Waals surface area contributed by atoms with E-state index >= 15 is 4.79 Å². The number of hydrogen-bond acceptors (Lipinski definition) is 9. The summed E-state index contributed by atoms with van der Waals surface area (Å²) in [6.45, 7) is 3.93. The molecule has 8 aromatic carbocycles. The predicted octanol–water partition coefficient (Wildman–Crippen LogP) is 12.1. The molecule has 77 heavy (non-hydrogen) atoms. The van der Waals surface area contributed by atoms with Crippen LogP contribution in [0.4, 0.5) is 5.13 Å². The molecule has 3 N–H and O–H groups in total. The van der Waals surface area contributed by atoms with Gasteiger partial charge in [-0.2, -0.15) is 0 Å². The summed E-state index contributed by atoms with van der Waals surface area (Å²) < 4.78 is 0. The normalized spacial score (nSPS) is 18.4. The molecule has 2 amide bonds. The first-order valence-corrected chi connectivity index (χ1v) is 27.2. The van der Waals surface area contributed by atoms with Crippen LogP contribution in [-0.2, 0) is 30.4 Å². The molecule has 3 unspecified atom stereocenters. The lowest BCUT2D eigenvalue weighted by Crippen LogP contribution is -2.75. The molecule has 3 heterocycles. The van der Waals surface area contributed by atoms with Crippen molar-refractivity contribution < 1.29 is 24.3 Å². The molecule has 380 valence electrons. The number of carboxylic acids is 1. The van der Waals surface area contributed by atoms with Crippen molar-refractivity contribution in [1.29, 1.82) is 0 Å². The maximum Gasteiger partial charge on any atom is 0.316 e. The summed E-state index contributed by atoms with van der Waals surface area (Å²) in [6.07, 6.45) is 1.47. The van der Waals surface area contributed by atoms with Gasteiger partial charge in [-0.1, -0.05) is 254 Å². The highest BCUT2D eigenvalue weighted by atomic mass is 32.2. The van der Waals surface area contributed by atoms with Crippen molar-refractivity contribution in [2.75, 3.05) is 11.9 Å². The molecule has 2 aliphatic heterocycles. The van der Waals surface area contributed by atoms with Gasteiger partial charge in [0.2, 0.25) is 11.5 Å².